The molecule has 1 rings (SSSR count). The number of rotatable bonds is 4. The van der Waals surface area contributed by atoms with Gasteiger partial charge in [0.15, 0.2) is 0 Å². The van der Waals surface area contributed by atoms with Crippen LogP contribution in [0.1, 0.15) is 11.1 Å². The first-order chi connectivity index (χ1) is 8.24. The van der Waals surface area contributed by atoms with Gasteiger partial charge in [0.25, 0.3) is 0 Å². The van der Waals surface area contributed by atoms with Crippen LogP contribution in [-0.4, -0.2) is 25.6 Å². The van der Waals surface area contributed by atoms with Crippen molar-refractivity contribution in [2.24, 2.45) is 0 Å². The molecule has 18 heavy (non-hydrogen) atoms. The Bertz CT molecular complexity index is 591. The molecule has 0 aromatic heterocycles. The van der Waals surface area contributed by atoms with Gasteiger partial charge in [0, 0.05) is 6.42 Å². The summed E-state index contributed by atoms with van der Waals surface area (Å²) in [5, 5.41) is 18.1. The summed E-state index contributed by atoms with van der Waals surface area (Å²) in [7, 11) is -7.03. The molecule has 5 nitrogen and oxygen atoms in total. The fourth-order valence-electron chi connectivity index (χ4n) is 1.41. The van der Waals surface area contributed by atoms with E-state index < -0.39 is 17.6 Å². The molecular weight excluding hydrogens is 262 g/mol. The summed E-state index contributed by atoms with van der Waals surface area (Å²) < 4.78 is 37.5. The molecule has 0 radical (unpaired) electrons. The minimum absolute atomic E-state index is 0.0375. The molecule has 1 aromatic carbocycles. The maximum atomic E-state index is 12.5. The van der Waals surface area contributed by atoms with Gasteiger partial charge in [-0.1, -0.05) is 9.95 Å². The quantitative estimate of drug-likeness (QED) is 0.436. The molecule has 0 saturated heterocycles. The van der Waals surface area contributed by atoms with Crippen molar-refractivity contribution in [1.82, 2.24) is 0 Å². The zero-order valence-electron chi connectivity index (χ0n) is 9.42. The summed E-state index contributed by atoms with van der Waals surface area (Å²) in [6, 6.07) is 2.41. The minimum atomic E-state index is -5.19. The lowest BCUT2D eigenvalue weighted by atomic mass is 9.78. The molecule has 0 unspecified atom stereocenters. The van der Waals surface area contributed by atoms with Crippen LogP contribution in [-0.2, 0) is 16.9 Å². The maximum absolute atomic E-state index is 12.5. The van der Waals surface area contributed by atoms with Gasteiger partial charge in [-0.25, -0.2) is 0 Å². The van der Waals surface area contributed by atoms with E-state index in [0.29, 0.717) is 11.1 Å². The third-order valence-electron chi connectivity index (χ3n) is 2.27. The van der Waals surface area contributed by atoms with Gasteiger partial charge in [-0.05, 0) is 29.6 Å². The van der Waals surface area contributed by atoms with E-state index in [1.165, 1.54) is 13.0 Å². The largest absolute Gasteiger partial charge is 0.488 e. The van der Waals surface area contributed by atoms with Crippen LogP contribution in [0, 0.1) is 19.3 Å². The Morgan fingerprint density at radius 1 is 1.50 bits per heavy atom. The van der Waals surface area contributed by atoms with Crippen molar-refractivity contribution in [1.29, 1.82) is 0 Å². The van der Waals surface area contributed by atoms with Crippen molar-refractivity contribution in [2.75, 3.05) is 0 Å². The van der Waals surface area contributed by atoms with Gasteiger partial charge in [-0.2, -0.15) is 8.42 Å². The highest BCUT2D eigenvalue weighted by Gasteiger charge is 2.19. The first-order valence-electron chi connectivity index (χ1n) is 4.81. The zero-order valence-corrected chi connectivity index (χ0v) is 10.2. The Morgan fingerprint density at radius 3 is 2.56 bits per heavy atom. The van der Waals surface area contributed by atoms with Crippen molar-refractivity contribution in [2.45, 2.75) is 13.3 Å². The fourth-order valence-corrected chi connectivity index (χ4v) is 1.79. The molecule has 96 valence electrons. The Morgan fingerprint density at radius 2 is 2.11 bits per heavy atom. The molecule has 0 fully saturated rings. The number of benzene rings is 1. The monoisotopic (exact) mass is 272 g/mol. The number of hydrogen-bond acceptors (Lipinski definition) is 5. The molecule has 0 aliphatic heterocycles. The SMILES string of the molecule is C#CCc1cc(B(O)O)cc(OS(=O)(=O)F)c1C. The van der Waals surface area contributed by atoms with Gasteiger partial charge in [-0.3, -0.25) is 0 Å². The normalized spacial score (nSPS) is 10.8. The molecule has 0 heterocycles. The molecule has 0 spiro atoms. The summed E-state index contributed by atoms with van der Waals surface area (Å²) in [6.07, 6.45) is 5.24. The van der Waals surface area contributed by atoms with Gasteiger partial charge in [0.2, 0.25) is 0 Å². The van der Waals surface area contributed by atoms with Crippen molar-refractivity contribution < 1.29 is 26.5 Å². The lowest BCUT2D eigenvalue weighted by Gasteiger charge is -2.11. The molecule has 0 aliphatic rings. The third-order valence-corrected chi connectivity index (χ3v) is 2.65. The highest BCUT2D eigenvalue weighted by Crippen LogP contribution is 2.22. The third kappa shape index (κ3) is 3.73. The van der Waals surface area contributed by atoms with E-state index in [2.05, 4.69) is 10.1 Å². The second-order valence-corrected chi connectivity index (χ2v) is 4.49. The van der Waals surface area contributed by atoms with Crippen molar-refractivity contribution in [3.8, 4) is 18.1 Å². The van der Waals surface area contributed by atoms with E-state index in [-0.39, 0.29) is 17.6 Å². The van der Waals surface area contributed by atoms with E-state index in [9.17, 15) is 12.3 Å². The predicted molar refractivity (Wildman–Crippen MR) is 64.2 cm³/mol. The molecule has 0 bridgehead atoms. The summed E-state index contributed by atoms with van der Waals surface area (Å²) in [4.78, 5) is 0. The second kappa shape index (κ2) is 5.39. The molecule has 0 atom stereocenters. The van der Waals surface area contributed by atoms with E-state index in [1.807, 2.05) is 0 Å². The van der Waals surface area contributed by atoms with Crippen molar-refractivity contribution in [3.63, 3.8) is 0 Å². The van der Waals surface area contributed by atoms with Crippen LogP contribution in [0.2, 0.25) is 0 Å². The van der Waals surface area contributed by atoms with E-state index in [1.54, 1.807) is 0 Å². The maximum Gasteiger partial charge on any atom is 0.488 e. The van der Waals surface area contributed by atoms with Gasteiger partial charge in [0.1, 0.15) is 5.75 Å². The number of halogens is 1. The number of terminal acetylenes is 1. The molecule has 0 aliphatic carbocycles. The Labute approximate surface area is 105 Å². The van der Waals surface area contributed by atoms with Gasteiger partial charge in [-0.15, -0.1) is 12.3 Å². The van der Waals surface area contributed by atoms with Crippen LogP contribution in [0.4, 0.5) is 3.89 Å². The van der Waals surface area contributed by atoms with Crippen LogP contribution >= 0.6 is 0 Å². The zero-order chi connectivity index (χ0) is 13.9. The smallest absolute Gasteiger partial charge is 0.423 e. The van der Waals surface area contributed by atoms with Gasteiger partial charge >= 0.3 is 17.6 Å². The number of hydrogen-bond donors (Lipinski definition) is 2. The Kier molecular flexibility index (Phi) is 4.35. The minimum Gasteiger partial charge on any atom is -0.423 e. The van der Waals surface area contributed by atoms with E-state index in [4.69, 9.17) is 16.5 Å². The summed E-state index contributed by atoms with van der Waals surface area (Å²) >= 11 is 0. The molecule has 8 heteroatoms. The first kappa shape index (κ1) is 14.5. The van der Waals surface area contributed by atoms with Crippen molar-refractivity contribution in [3.05, 3.63) is 23.3 Å². The van der Waals surface area contributed by atoms with Crippen LogP contribution in [0.5, 0.6) is 5.75 Å². The topological polar surface area (TPSA) is 83.8 Å². The summed E-state index contributed by atoms with van der Waals surface area (Å²) in [6.45, 7) is 1.49. The molecular formula is C10H10BFO5S. The van der Waals surface area contributed by atoms with Crippen molar-refractivity contribution >= 4 is 23.1 Å². The van der Waals surface area contributed by atoms with E-state index >= 15 is 0 Å². The van der Waals surface area contributed by atoms with Crippen LogP contribution < -0.4 is 9.65 Å². The average molecular weight is 272 g/mol. The van der Waals surface area contributed by atoms with Gasteiger partial charge < -0.3 is 14.2 Å². The lowest BCUT2D eigenvalue weighted by molar-refractivity contribution is 0.423. The molecule has 0 amide bonds. The van der Waals surface area contributed by atoms with Crippen LogP contribution in [0.3, 0.4) is 0 Å². The first-order valence-corrected chi connectivity index (χ1v) is 6.12. The highest BCUT2D eigenvalue weighted by molar-refractivity contribution is 7.81. The van der Waals surface area contributed by atoms with Crippen LogP contribution in [0.15, 0.2) is 12.1 Å². The predicted octanol–water partition coefficient (Wildman–Crippen LogP) is -0.556. The standard InChI is InChI=1S/C10H10BFO5S/c1-3-4-8-5-9(11(13)14)6-10(7(8)2)17-18(12,15)16/h1,5-6,13-14H,4H2,2H3. The van der Waals surface area contributed by atoms with Gasteiger partial charge in [0.05, 0.1) is 0 Å². The second-order valence-electron chi connectivity index (χ2n) is 3.53. The van der Waals surface area contributed by atoms with Crippen LogP contribution in [0.25, 0.3) is 0 Å². The summed E-state index contributed by atoms with van der Waals surface area (Å²) in [5.41, 5.74) is 0.727. The molecule has 2 N–H and O–H groups in total. The highest BCUT2D eigenvalue weighted by atomic mass is 32.3. The Balaban J connectivity index is 3.36. The molecule has 0 saturated carbocycles. The lowest BCUT2D eigenvalue weighted by Crippen LogP contribution is -2.30. The fraction of sp³-hybridized carbons (Fsp3) is 0.200. The Hall–Kier alpha value is -1.56. The average Bonchev–Trinajstić information content (AvgIpc) is 2.21. The van der Waals surface area contributed by atoms with E-state index in [0.717, 1.165) is 6.07 Å². The molecule has 1 aromatic rings. The summed E-state index contributed by atoms with van der Waals surface area (Å²) in [5.74, 6) is 1.99.